The van der Waals surface area contributed by atoms with Gasteiger partial charge in [-0.2, -0.15) is 0 Å². The predicted molar refractivity (Wildman–Crippen MR) is 105 cm³/mol. The Balaban J connectivity index is 3.21. The molecule has 0 heterocycles. The van der Waals surface area contributed by atoms with Crippen LogP contribution in [0, 0.1) is 0 Å². The van der Waals surface area contributed by atoms with E-state index in [0.717, 1.165) is 6.54 Å². The summed E-state index contributed by atoms with van der Waals surface area (Å²) in [5, 5.41) is 3.59. The number of nitrogens with one attached hydrogen (secondary N) is 1. The zero-order valence-corrected chi connectivity index (χ0v) is 16.7. The highest BCUT2D eigenvalue weighted by atomic mass is 15.2. The first-order chi connectivity index (χ1) is 11.2. The smallest absolute Gasteiger partial charge is 0.0107 e. The first kappa shape index (κ1) is 22.9. The molecule has 0 aromatic carbocycles. The quantitative estimate of drug-likeness (QED) is 0.377. The molecule has 1 N–H and O–H groups in total. The minimum absolute atomic E-state index is 1.13. The molecular formula is C20H45N3. The van der Waals surface area contributed by atoms with Crippen molar-refractivity contribution in [1.82, 2.24) is 15.1 Å². The van der Waals surface area contributed by atoms with Crippen LogP contribution in [0.15, 0.2) is 0 Å². The number of hydrogen-bond acceptors (Lipinski definition) is 3. The van der Waals surface area contributed by atoms with E-state index in [1.54, 1.807) is 0 Å². The molecule has 0 unspecified atom stereocenters. The second-order valence-corrected chi connectivity index (χ2v) is 7.18. The van der Waals surface area contributed by atoms with Crippen LogP contribution in [0.1, 0.15) is 78.1 Å². The van der Waals surface area contributed by atoms with Gasteiger partial charge in [0, 0.05) is 26.2 Å². The molecule has 0 fully saturated rings. The van der Waals surface area contributed by atoms with Crippen LogP contribution in [0.25, 0.3) is 0 Å². The van der Waals surface area contributed by atoms with Crippen LogP contribution in [0.5, 0.6) is 0 Å². The topological polar surface area (TPSA) is 18.5 Å². The molecule has 3 nitrogen and oxygen atoms in total. The molecule has 0 aliphatic rings. The monoisotopic (exact) mass is 327 g/mol. The summed E-state index contributed by atoms with van der Waals surface area (Å²) in [4.78, 5) is 4.90. The van der Waals surface area contributed by atoms with E-state index in [0.29, 0.717) is 0 Å². The highest BCUT2D eigenvalue weighted by molar-refractivity contribution is 4.59. The van der Waals surface area contributed by atoms with Crippen LogP contribution in [0.2, 0.25) is 0 Å². The van der Waals surface area contributed by atoms with Crippen molar-refractivity contribution < 1.29 is 0 Å². The van der Waals surface area contributed by atoms with Crippen LogP contribution in [-0.2, 0) is 0 Å². The van der Waals surface area contributed by atoms with E-state index in [9.17, 15) is 0 Å². The van der Waals surface area contributed by atoms with E-state index in [4.69, 9.17) is 0 Å². The lowest BCUT2D eigenvalue weighted by molar-refractivity contribution is 0.254. The number of nitrogens with zero attached hydrogens (tertiary/aromatic N) is 2. The van der Waals surface area contributed by atoms with Crippen LogP contribution in [-0.4, -0.2) is 63.2 Å². The third-order valence-electron chi connectivity index (χ3n) is 4.63. The molecule has 0 spiro atoms. The fourth-order valence-corrected chi connectivity index (χ4v) is 2.77. The zero-order valence-electron chi connectivity index (χ0n) is 16.7. The Morgan fingerprint density at radius 3 is 1.65 bits per heavy atom. The van der Waals surface area contributed by atoms with Gasteiger partial charge in [-0.3, -0.25) is 0 Å². The van der Waals surface area contributed by atoms with Crippen molar-refractivity contribution in [3.05, 3.63) is 0 Å². The molecule has 0 saturated heterocycles. The molecule has 0 rings (SSSR count). The molecule has 0 radical (unpaired) electrons. The van der Waals surface area contributed by atoms with Gasteiger partial charge in [-0.05, 0) is 40.0 Å². The van der Waals surface area contributed by atoms with Gasteiger partial charge in [0.25, 0.3) is 0 Å². The Hall–Kier alpha value is -0.120. The van der Waals surface area contributed by atoms with E-state index >= 15 is 0 Å². The van der Waals surface area contributed by atoms with Gasteiger partial charge in [-0.15, -0.1) is 0 Å². The molecule has 0 amide bonds. The molecule has 0 atom stereocenters. The molecule has 0 aromatic rings. The predicted octanol–water partition coefficient (Wildman–Crippen LogP) is 4.38. The molecule has 0 saturated carbocycles. The lowest BCUT2D eigenvalue weighted by Gasteiger charge is -2.22. The molecule has 140 valence electrons. The SMILES string of the molecule is CCCCCCCCCCNCCN(C)CCN(C)CCCC. The first-order valence-corrected chi connectivity index (χ1v) is 10.3. The minimum atomic E-state index is 1.13. The fraction of sp³-hybridized carbons (Fsp3) is 1.00. The average molecular weight is 328 g/mol. The Bertz CT molecular complexity index is 221. The second-order valence-electron chi connectivity index (χ2n) is 7.18. The van der Waals surface area contributed by atoms with Gasteiger partial charge < -0.3 is 15.1 Å². The number of rotatable bonds is 18. The second kappa shape index (κ2) is 18.2. The summed E-state index contributed by atoms with van der Waals surface area (Å²) >= 11 is 0. The van der Waals surface area contributed by atoms with Crippen molar-refractivity contribution in [1.29, 1.82) is 0 Å². The van der Waals surface area contributed by atoms with Crippen molar-refractivity contribution >= 4 is 0 Å². The summed E-state index contributed by atoms with van der Waals surface area (Å²) in [7, 11) is 4.48. The minimum Gasteiger partial charge on any atom is -0.315 e. The van der Waals surface area contributed by atoms with Crippen molar-refractivity contribution in [2.45, 2.75) is 78.1 Å². The summed E-state index contributed by atoms with van der Waals surface area (Å²) < 4.78 is 0. The maximum Gasteiger partial charge on any atom is 0.0107 e. The third-order valence-corrected chi connectivity index (χ3v) is 4.63. The molecule has 3 heteroatoms. The van der Waals surface area contributed by atoms with E-state index in [2.05, 4.69) is 43.1 Å². The van der Waals surface area contributed by atoms with Gasteiger partial charge in [0.1, 0.15) is 0 Å². The van der Waals surface area contributed by atoms with Crippen LogP contribution in [0.3, 0.4) is 0 Å². The molecular weight excluding hydrogens is 282 g/mol. The normalized spacial score (nSPS) is 11.7. The number of likely N-dealkylation sites (N-methyl/N-ethyl adjacent to an activating group) is 2. The largest absolute Gasteiger partial charge is 0.315 e. The average Bonchev–Trinajstić information content (AvgIpc) is 2.56. The maximum atomic E-state index is 3.59. The van der Waals surface area contributed by atoms with Crippen molar-refractivity contribution in [2.24, 2.45) is 0 Å². The molecule has 0 aliphatic carbocycles. The van der Waals surface area contributed by atoms with Crippen LogP contribution >= 0.6 is 0 Å². The Morgan fingerprint density at radius 1 is 0.522 bits per heavy atom. The Labute approximate surface area is 147 Å². The van der Waals surface area contributed by atoms with E-state index < -0.39 is 0 Å². The lowest BCUT2D eigenvalue weighted by atomic mass is 10.1. The van der Waals surface area contributed by atoms with Gasteiger partial charge in [-0.25, -0.2) is 0 Å². The molecule has 0 aromatic heterocycles. The summed E-state index contributed by atoms with van der Waals surface area (Å²) in [5.41, 5.74) is 0. The number of hydrogen-bond donors (Lipinski definition) is 1. The van der Waals surface area contributed by atoms with E-state index in [-0.39, 0.29) is 0 Å². The van der Waals surface area contributed by atoms with E-state index in [1.165, 1.54) is 96.9 Å². The van der Waals surface area contributed by atoms with Gasteiger partial charge in [0.05, 0.1) is 0 Å². The maximum absolute atomic E-state index is 3.59. The van der Waals surface area contributed by atoms with Crippen molar-refractivity contribution in [3.8, 4) is 0 Å². The summed E-state index contributed by atoms with van der Waals surface area (Å²) in [6.45, 7) is 11.6. The van der Waals surface area contributed by atoms with Gasteiger partial charge in [0.2, 0.25) is 0 Å². The Kier molecular flexibility index (Phi) is 18.1. The van der Waals surface area contributed by atoms with Crippen LogP contribution in [0.4, 0.5) is 0 Å². The lowest BCUT2D eigenvalue weighted by Crippen LogP contribution is -2.35. The molecule has 0 bridgehead atoms. The molecule has 23 heavy (non-hydrogen) atoms. The Morgan fingerprint density at radius 2 is 1.04 bits per heavy atom. The van der Waals surface area contributed by atoms with Crippen molar-refractivity contribution in [2.75, 3.05) is 53.4 Å². The highest BCUT2D eigenvalue weighted by Gasteiger charge is 2.01. The van der Waals surface area contributed by atoms with Gasteiger partial charge in [0.15, 0.2) is 0 Å². The standard InChI is InChI=1S/C20H45N3/c1-5-7-9-10-11-12-13-14-15-21-16-18-23(4)20-19-22(3)17-8-6-2/h21H,5-20H2,1-4H3. The summed E-state index contributed by atoms with van der Waals surface area (Å²) in [6, 6.07) is 0. The summed E-state index contributed by atoms with van der Waals surface area (Å²) in [6.07, 6.45) is 13.9. The molecule has 0 aliphatic heterocycles. The fourth-order valence-electron chi connectivity index (χ4n) is 2.77. The summed E-state index contributed by atoms with van der Waals surface area (Å²) in [5.74, 6) is 0. The first-order valence-electron chi connectivity index (χ1n) is 10.3. The zero-order chi connectivity index (χ0) is 17.2. The van der Waals surface area contributed by atoms with E-state index in [1.807, 2.05) is 0 Å². The van der Waals surface area contributed by atoms with Gasteiger partial charge in [-0.1, -0.05) is 65.2 Å². The third kappa shape index (κ3) is 18.1. The van der Waals surface area contributed by atoms with Gasteiger partial charge >= 0.3 is 0 Å². The number of unbranched alkanes of at least 4 members (excludes halogenated alkanes) is 8. The highest BCUT2D eigenvalue weighted by Crippen LogP contribution is 2.07. The van der Waals surface area contributed by atoms with Crippen molar-refractivity contribution in [3.63, 3.8) is 0 Å². The van der Waals surface area contributed by atoms with Crippen LogP contribution < -0.4 is 5.32 Å².